The van der Waals surface area contributed by atoms with Crippen molar-refractivity contribution in [2.45, 2.75) is 39.4 Å². The normalized spacial score (nSPS) is 14.0. The zero-order valence-electron chi connectivity index (χ0n) is 12.4. The Kier molecular flexibility index (Phi) is 4.99. The number of hydrogen-bond acceptors (Lipinski definition) is 3. The van der Waals surface area contributed by atoms with Crippen LogP contribution >= 0.6 is 0 Å². The van der Waals surface area contributed by atoms with E-state index >= 15 is 0 Å². The fourth-order valence-electron chi connectivity index (χ4n) is 2.18. The molecule has 7 heteroatoms. The summed E-state index contributed by atoms with van der Waals surface area (Å²) in [5.74, 6) is 0. The predicted octanol–water partition coefficient (Wildman–Crippen LogP) is 3.79. The van der Waals surface area contributed by atoms with Crippen LogP contribution in [0.15, 0.2) is 18.2 Å². The lowest BCUT2D eigenvalue weighted by atomic mass is 9.82. The van der Waals surface area contributed by atoms with E-state index in [1.54, 1.807) is 7.05 Å². The molecule has 1 rings (SSSR count). The zero-order valence-corrected chi connectivity index (χ0v) is 12.4. The standard InChI is InChI=1S/C14H19F3N2O2/c1-13(2,3)12(18-4)7-9-5-6-10(19(20)21)8-11(9)14(15,16)17/h5-6,8,12,18H,7H2,1-4H3. The van der Waals surface area contributed by atoms with Gasteiger partial charge in [-0.1, -0.05) is 26.8 Å². The quantitative estimate of drug-likeness (QED) is 0.680. The van der Waals surface area contributed by atoms with E-state index in [0.717, 1.165) is 6.07 Å². The van der Waals surface area contributed by atoms with Crippen LogP contribution < -0.4 is 5.32 Å². The molecule has 1 aromatic carbocycles. The van der Waals surface area contributed by atoms with Gasteiger partial charge in [0.1, 0.15) is 0 Å². The lowest BCUT2D eigenvalue weighted by molar-refractivity contribution is -0.385. The minimum absolute atomic E-state index is 0.0578. The number of halogens is 3. The first-order valence-electron chi connectivity index (χ1n) is 6.48. The zero-order chi connectivity index (χ0) is 16.4. The molecule has 0 amide bonds. The summed E-state index contributed by atoms with van der Waals surface area (Å²) in [7, 11) is 1.69. The van der Waals surface area contributed by atoms with Gasteiger partial charge in [0, 0.05) is 18.2 Å². The predicted molar refractivity (Wildman–Crippen MR) is 74.1 cm³/mol. The lowest BCUT2D eigenvalue weighted by Gasteiger charge is -2.31. The highest BCUT2D eigenvalue weighted by atomic mass is 19.4. The summed E-state index contributed by atoms with van der Waals surface area (Å²) in [4.78, 5) is 9.83. The van der Waals surface area contributed by atoms with E-state index < -0.39 is 22.4 Å². The van der Waals surface area contributed by atoms with Gasteiger partial charge in [-0.25, -0.2) is 0 Å². The lowest BCUT2D eigenvalue weighted by Crippen LogP contribution is -2.40. The Morgan fingerprint density at radius 3 is 2.24 bits per heavy atom. The molecule has 0 spiro atoms. The van der Waals surface area contributed by atoms with Crippen molar-refractivity contribution in [1.82, 2.24) is 5.32 Å². The molecular weight excluding hydrogens is 285 g/mol. The Hall–Kier alpha value is -1.63. The molecule has 118 valence electrons. The summed E-state index contributed by atoms with van der Waals surface area (Å²) in [6, 6.07) is 2.72. The molecule has 1 unspecified atom stereocenters. The number of alkyl halides is 3. The van der Waals surface area contributed by atoms with Crippen LogP contribution in [0.3, 0.4) is 0 Å². The Bertz CT molecular complexity index is 522. The maximum atomic E-state index is 13.1. The van der Waals surface area contributed by atoms with E-state index in [1.165, 1.54) is 6.07 Å². The van der Waals surface area contributed by atoms with Gasteiger partial charge in [0.25, 0.3) is 5.69 Å². The maximum Gasteiger partial charge on any atom is 0.416 e. The SMILES string of the molecule is CNC(Cc1ccc([N+](=O)[O-])cc1C(F)(F)F)C(C)(C)C. The number of nitrogens with one attached hydrogen (secondary N) is 1. The van der Waals surface area contributed by atoms with E-state index in [0.29, 0.717) is 6.07 Å². The van der Waals surface area contributed by atoms with E-state index in [4.69, 9.17) is 0 Å². The summed E-state index contributed by atoms with van der Waals surface area (Å²) in [6.07, 6.45) is -4.47. The molecule has 0 saturated heterocycles. The topological polar surface area (TPSA) is 55.2 Å². The Morgan fingerprint density at radius 2 is 1.86 bits per heavy atom. The van der Waals surface area contributed by atoms with Gasteiger partial charge < -0.3 is 5.32 Å². The third kappa shape index (κ3) is 4.42. The molecule has 1 atom stereocenters. The van der Waals surface area contributed by atoms with Gasteiger partial charge in [-0.2, -0.15) is 13.2 Å². The second kappa shape index (κ2) is 6.01. The van der Waals surface area contributed by atoms with Gasteiger partial charge in [0.2, 0.25) is 0 Å². The average Bonchev–Trinajstić information content (AvgIpc) is 2.33. The van der Waals surface area contributed by atoms with Crippen LogP contribution in [-0.2, 0) is 12.6 Å². The van der Waals surface area contributed by atoms with Crippen molar-refractivity contribution in [3.63, 3.8) is 0 Å². The number of benzene rings is 1. The van der Waals surface area contributed by atoms with Crippen LogP contribution in [0, 0.1) is 15.5 Å². The highest BCUT2D eigenvalue weighted by molar-refractivity contribution is 5.42. The van der Waals surface area contributed by atoms with Crippen molar-refractivity contribution in [3.05, 3.63) is 39.4 Å². The second-order valence-electron chi connectivity index (χ2n) is 6.01. The minimum atomic E-state index is -4.61. The molecule has 0 saturated carbocycles. The molecule has 0 aromatic heterocycles. The van der Waals surface area contributed by atoms with Crippen LogP contribution in [0.25, 0.3) is 0 Å². The molecular formula is C14H19F3N2O2. The van der Waals surface area contributed by atoms with Gasteiger partial charge in [-0.3, -0.25) is 10.1 Å². The first-order valence-corrected chi connectivity index (χ1v) is 6.48. The molecule has 0 radical (unpaired) electrons. The highest BCUT2D eigenvalue weighted by Crippen LogP contribution is 2.36. The molecule has 4 nitrogen and oxygen atoms in total. The minimum Gasteiger partial charge on any atom is -0.316 e. The van der Waals surface area contributed by atoms with Gasteiger partial charge >= 0.3 is 6.18 Å². The number of non-ortho nitro benzene ring substituents is 1. The summed E-state index contributed by atoms with van der Waals surface area (Å²) in [6.45, 7) is 5.77. The van der Waals surface area contributed by atoms with Crippen molar-refractivity contribution in [3.8, 4) is 0 Å². The third-order valence-electron chi connectivity index (χ3n) is 3.43. The van der Waals surface area contributed by atoms with Gasteiger partial charge in [-0.05, 0) is 24.4 Å². The molecule has 0 heterocycles. The number of nitrogens with zero attached hydrogens (tertiary/aromatic N) is 1. The Labute approximate surface area is 121 Å². The molecule has 0 fully saturated rings. The second-order valence-corrected chi connectivity index (χ2v) is 6.01. The monoisotopic (exact) mass is 304 g/mol. The summed E-state index contributed by atoms with van der Waals surface area (Å²) < 4.78 is 39.3. The van der Waals surface area contributed by atoms with Gasteiger partial charge in [-0.15, -0.1) is 0 Å². The van der Waals surface area contributed by atoms with Crippen LogP contribution in [0.4, 0.5) is 18.9 Å². The van der Waals surface area contributed by atoms with Gasteiger partial charge in [0.15, 0.2) is 0 Å². The van der Waals surface area contributed by atoms with Crippen LogP contribution in [0.2, 0.25) is 0 Å². The van der Waals surface area contributed by atoms with Gasteiger partial charge in [0.05, 0.1) is 10.5 Å². The van der Waals surface area contributed by atoms with Crippen molar-refractivity contribution in [1.29, 1.82) is 0 Å². The number of nitro benzene ring substituents is 1. The molecule has 0 aliphatic carbocycles. The first-order chi connectivity index (χ1) is 9.46. The van der Waals surface area contributed by atoms with E-state index in [-0.39, 0.29) is 23.4 Å². The Morgan fingerprint density at radius 1 is 1.29 bits per heavy atom. The summed E-state index contributed by atoms with van der Waals surface area (Å²) >= 11 is 0. The molecule has 21 heavy (non-hydrogen) atoms. The average molecular weight is 304 g/mol. The van der Waals surface area contributed by atoms with E-state index in [1.807, 2.05) is 20.8 Å². The molecule has 1 N–H and O–H groups in total. The number of rotatable bonds is 4. The van der Waals surface area contributed by atoms with Crippen LogP contribution in [0.1, 0.15) is 31.9 Å². The number of nitro groups is 1. The van der Waals surface area contributed by atoms with Crippen molar-refractivity contribution in [2.75, 3.05) is 7.05 Å². The summed E-state index contributed by atoms with van der Waals surface area (Å²) in [5, 5.41) is 13.7. The first kappa shape index (κ1) is 17.4. The molecule has 0 aliphatic heterocycles. The largest absolute Gasteiger partial charge is 0.416 e. The Balaban J connectivity index is 3.26. The molecule has 1 aromatic rings. The van der Waals surface area contributed by atoms with Crippen LogP contribution in [-0.4, -0.2) is 18.0 Å². The van der Waals surface area contributed by atoms with Crippen molar-refractivity contribution in [2.24, 2.45) is 5.41 Å². The fourth-order valence-corrected chi connectivity index (χ4v) is 2.18. The molecule has 0 bridgehead atoms. The fraction of sp³-hybridized carbons (Fsp3) is 0.571. The van der Waals surface area contributed by atoms with E-state index in [2.05, 4.69) is 5.32 Å². The smallest absolute Gasteiger partial charge is 0.316 e. The maximum absolute atomic E-state index is 13.1. The van der Waals surface area contributed by atoms with Crippen LogP contribution in [0.5, 0.6) is 0 Å². The number of hydrogen-bond donors (Lipinski definition) is 1. The number of likely N-dealkylation sites (N-methyl/N-ethyl adjacent to an activating group) is 1. The summed E-state index contributed by atoms with van der Waals surface area (Å²) in [5.41, 5.74) is -1.68. The molecule has 0 aliphatic rings. The van der Waals surface area contributed by atoms with E-state index in [9.17, 15) is 23.3 Å². The highest BCUT2D eigenvalue weighted by Gasteiger charge is 2.36. The third-order valence-corrected chi connectivity index (χ3v) is 3.43. The van der Waals surface area contributed by atoms with Crippen molar-refractivity contribution >= 4 is 5.69 Å². The van der Waals surface area contributed by atoms with Crippen molar-refractivity contribution < 1.29 is 18.1 Å².